The molecule has 2 aromatic rings. The van der Waals surface area contributed by atoms with Crippen molar-refractivity contribution in [2.24, 2.45) is 0 Å². The summed E-state index contributed by atoms with van der Waals surface area (Å²) < 4.78 is 39.7. The van der Waals surface area contributed by atoms with Gasteiger partial charge in [0.2, 0.25) is 0 Å². The number of rotatable bonds is 2. The molecule has 0 aromatic heterocycles. The van der Waals surface area contributed by atoms with E-state index in [2.05, 4.69) is 4.74 Å². The van der Waals surface area contributed by atoms with Crippen LogP contribution in [-0.2, 0) is 0 Å². The maximum absolute atomic E-state index is 12.0. The van der Waals surface area contributed by atoms with Gasteiger partial charge in [0.25, 0.3) is 0 Å². The van der Waals surface area contributed by atoms with E-state index < -0.39 is 6.36 Å². The first-order valence-corrected chi connectivity index (χ1v) is 5.58. The largest absolute Gasteiger partial charge is 0.573 e. The monoisotopic (exact) mass is 288 g/mol. The summed E-state index contributed by atoms with van der Waals surface area (Å²) in [4.78, 5) is 0. The van der Waals surface area contributed by atoms with Crippen LogP contribution in [0.15, 0.2) is 42.5 Å². The molecule has 2 aromatic carbocycles. The lowest BCUT2D eigenvalue weighted by atomic mass is 10.1. The van der Waals surface area contributed by atoms with Gasteiger partial charge in [-0.15, -0.1) is 13.2 Å². The first-order chi connectivity index (χ1) is 8.85. The lowest BCUT2D eigenvalue weighted by molar-refractivity contribution is -0.274. The summed E-state index contributed by atoms with van der Waals surface area (Å²) in [7, 11) is 0. The van der Waals surface area contributed by atoms with Crippen LogP contribution >= 0.6 is 11.6 Å². The third-order valence-electron chi connectivity index (χ3n) is 2.37. The van der Waals surface area contributed by atoms with Gasteiger partial charge >= 0.3 is 6.36 Å². The molecular formula is C13H8ClF3O2. The standard InChI is InChI=1S/C13H8ClF3O2/c14-11-6-3-9(7-12(11)18)8-1-4-10(5-2-8)19-13(15,16)17/h1-7,18H. The smallest absolute Gasteiger partial charge is 0.506 e. The molecule has 0 radical (unpaired) electrons. The van der Waals surface area contributed by atoms with Crippen LogP contribution in [0.3, 0.4) is 0 Å². The molecule has 0 aliphatic heterocycles. The molecule has 2 rings (SSSR count). The molecule has 0 saturated heterocycles. The summed E-state index contributed by atoms with van der Waals surface area (Å²) >= 11 is 5.67. The second kappa shape index (κ2) is 5.01. The predicted molar refractivity (Wildman–Crippen MR) is 65.2 cm³/mol. The minimum absolute atomic E-state index is 0.0882. The second-order valence-corrected chi connectivity index (χ2v) is 4.15. The van der Waals surface area contributed by atoms with Crippen molar-refractivity contribution in [3.63, 3.8) is 0 Å². The van der Waals surface area contributed by atoms with Gasteiger partial charge in [0.1, 0.15) is 11.5 Å². The van der Waals surface area contributed by atoms with E-state index >= 15 is 0 Å². The SMILES string of the molecule is Oc1cc(-c2ccc(OC(F)(F)F)cc2)ccc1Cl. The van der Waals surface area contributed by atoms with Crippen molar-refractivity contribution >= 4 is 11.6 Å². The zero-order chi connectivity index (χ0) is 14.0. The van der Waals surface area contributed by atoms with Crippen LogP contribution in [-0.4, -0.2) is 11.5 Å². The highest BCUT2D eigenvalue weighted by Gasteiger charge is 2.30. The molecule has 0 aliphatic rings. The van der Waals surface area contributed by atoms with E-state index in [0.717, 1.165) is 0 Å². The van der Waals surface area contributed by atoms with E-state index in [0.29, 0.717) is 11.1 Å². The molecule has 0 bridgehead atoms. The highest BCUT2D eigenvalue weighted by molar-refractivity contribution is 6.32. The van der Waals surface area contributed by atoms with Crippen molar-refractivity contribution in [3.8, 4) is 22.6 Å². The molecule has 0 aliphatic carbocycles. The van der Waals surface area contributed by atoms with Gasteiger partial charge in [0.15, 0.2) is 0 Å². The van der Waals surface area contributed by atoms with E-state index in [9.17, 15) is 18.3 Å². The highest BCUT2D eigenvalue weighted by atomic mass is 35.5. The average molecular weight is 289 g/mol. The predicted octanol–water partition coefficient (Wildman–Crippen LogP) is 4.61. The van der Waals surface area contributed by atoms with Gasteiger partial charge in [-0.2, -0.15) is 0 Å². The summed E-state index contributed by atoms with van der Waals surface area (Å²) in [6.45, 7) is 0. The fraction of sp³-hybridized carbons (Fsp3) is 0.0769. The molecular weight excluding hydrogens is 281 g/mol. The maximum Gasteiger partial charge on any atom is 0.573 e. The van der Waals surface area contributed by atoms with Gasteiger partial charge in [-0.25, -0.2) is 0 Å². The number of halogens is 4. The van der Waals surface area contributed by atoms with E-state index in [1.807, 2.05) is 0 Å². The molecule has 0 atom stereocenters. The van der Waals surface area contributed by atoms with Crippen LogP contribution in [0.1, 0.15) is 0 Å². The van der Waals surface area contributed by atoms with Gasteiger partial charge in [0, 0.05) is 0 Å². The zero-order valence-corrected chi connectivity index (χ0v) is 10.2. The lowest BCUT2D eigenvalue weighted by Crippen LogP contribution is -2.16. The molecule has 19 heavy (non-hydrogen) atoms. The number of alkyl halides is 3. The number of benzene rings is 2. The summed E-state index contributed by atoms with van der Waals surface area (Å²) in [6, 6.07) is 9.92. The summed E-state index contributed by atoms with van der Waals surface area (Å²) in [5.41, 5.74) is 1.28. The minimum Gasteiger partial charge on any atom is -0.506 e. The zero-order valence-electron chi connectivity index (χ0n) is 9.41. The van der Waals surface area contributed by atoms with Crippen LogP contribution in [0.25, 0.3) is 11.1 Å². The molecule has 0 saturated carbocycles. The van der Waals surface area contributed by atoms with Crippen molar-refractivity contribution in [2.75, 3.05) is 0 Å². The molecule has 0 amide bonds. The number of hydrogen-bond donors (Lipinski definition) is 1. The van der Waals surface area contributed by atoms with Gasteiger partial charge in [-0.1, -0.05) is 29.8 Å². The Morgan fingerprint density at radius 1 is 0.947 bits per heavy atom. The molecule has 100 valence electrons. The Labute approximate surface area is 112 Å². The van der Waals surface area contributed by atoms with Crippen LogP contribution < -0.4 is 4.74 Å². The molecule has 1 N–H and O–H groups in total. The number of aromatic hydroxyl groups is 1. The Morgan fingerprint density at radius 3 is 2.05 bits per heavy atom. The third kappa shape index (κ3) is 3.54. The highest BCUT2D eigenvalue weighted by Crippen LogP contribution is 2.31. The van der Waals surface area contributed by atoms with E-state index in [4.69, 9.17) is 11.6 Å². The molecule has 2 nitrogen and oxygen atoms in total. The molecule has 0 spiro atoms. The second-order valence-electron chi connectivity index (χ2n) is 3.74. The Kier molecular flexibility index (Phi) is 3.57. The summed E-state index contributed by atoms with van der Waals surface area (Å²) in [5, 5.41) is 9.67. The molecule has 0 unspecified atom stereocenters. The van der Waals surface area contributed by atoms with Crippen LogP contribution in [0.5, 0.6) is 11.5 Å². The van der Waals surface area contributed by atoms with Crippen molar-refractivity contribution < 1.29 is 23.0 Å². The number of phenols is 1. The lowest BCUT2D eigenvalue weighted by Gasteiger charge is -2.09. The summed E-state index contributed by atoms with van der Waals surface area (Å²) in [6.07, 6.45) is -4.71. The number of hydrogen-bond acceptors (Lipinski definition) is 2. The first-order valence-electron chi connectivity index (χ1n) is 5.20. The van der Waals surface area contributed by atoms with Crippen LogP contribution in [0.4, 0.5) is 13.2 Å². The van der Waals surface area contributed by atoms with E-state index in [1.165, 1.54) is 36.4 Å². The van der Waals surface area contributed by atoms with Crippen LogP contribution in [0.2, 0.25) is 5.02 Å². The number of phenolic OH excluding ortho intramolecular Hbond substituents is 1. The molecule has 0 heterocycles. The first kappa shape index (κ1) is 13.5. The van der Waals surface area contributed by atoms with Gasteiger partial charge < -0.3 is 9.84 Å². The van der Waals surface area contributed by atoms with Gasteiger partial charge in [-0.05, 0) is 35.4 Å². The van der Waals surface area contributed by atoms with E-state index in [1.54, 1.807) is 6.07 Å². The fourth-order valence-corrected chi connectivity index (χ4v) is 1.66. The maximum atomic E-state index is 12.0. The Bertz CT molecular complexity index is 579. The Morgan fingerprint density at radius 2 is 1.53 bits per heavy atom. The van der Waals surface area contributed by atoms with Crippen molar-refractivity contribution in [1.82, 2.24) is 0 Å². The average Bonchev–Trinajstić information content (AvgIpc) is 2.32. The van der Waals surface area contributed by atoms with Gasteiger partial charge in [-0.3, -0.25) is 0 Å². The van der Waals surface area contributed by atoms with Crippen molar-refractivity contribution in [2.45, 2.75) is 6.36 Å². The quantitative estimate of drug-likeness (QED) is 0.874. The third-order valence-corrected chi connectivity index (χ3v) is 2.69. The summed E-state index contributed by atoms with van der Waals surface area (Å²) in [5.74, 6) is -0.385. The van der Waals surface area contributed by atoms with Crippen molar-refractivity contribution in [3.05, 3.63) is 47.5 Å². The Hall–Kier alpha value is -1.88. The molecule has 6 heteroatoms. The minimum atomic E-state index is -4.71. The fourth-order valence-electron chi connectivity index (χ4n) is 1.54. The van der Waals surface area contributed by atoms with Gasteiger partial charge in [0.05, 0.1) is 5.02 Å². The topological polar surface area (TPSA) is 29.5 Å². The van der Waals surface area contributed by atoms with Crippen molar-refractivity contribution in [1.29, 1.82) is 0 Å². The molecule has 0 fully saturated rings. The van der Waals surface area contributed by atoms with Crippen LogP contribution in [0, 0.1) is 0 Å². The Balaban J connectivity index is 2.25. The number of ether oxygens (including phenoxy) is 1. The normalized spacial score (nSPS) is 11.4. The van der Waals surface area contributed by atoms with E-state index in [-0.39, 0.29) is 16.5 Å².